The van der Waals surface area contributed by atoms with Gasteiger partial charge in [0.05, 0.1) is 11.8 Å². The number of aromatic nitrogens is 2. The van der Waals surface area contributed by atoms with Gasteiger partial charge >= 0.3 is 5.97 Å². The Balaban J connectivity index is 2.16. The van der Waals surface area contributed by atoms with Crippen LogP contribution in [0.1, 0.15) is 6.92 Å². The van der Waals surface area contributed by atoms with Gasteiger partial charge in [0.15, 0.2) is 0 Å². The molecule has 2 N–H and O–H groups in total. The number of hydrogen-bond donors (Lipinski definition) is 2. The lowest BCUT2D eigenvalue weighted by Gasteiger charge is -2.42. The van der Waals surface area contributed by atoms with Gasteiger partial charge < -0.3 is 10.2 Å². The molecule has 0 bridgehead atoms. The Labute approximate surface area is 103 Å². The second-order valence-corrected chi connectivity index (χ2v) is 6.48. The summed E-state index contributed by atoms with van der Waals surface area (Å²) in [7, 11) is -3.69. The molecule has 0 amide bonds. The van der Waals surface area contributed by atoms with Gasteiger partial charge in [-0.1, -0.05) is 0 Å². The van der Waals surface area contributed by atoms with E-state index in [0.29, 0.717) is 0 Å². The van der Waals surface area contributed by atoms with Crippen molar-refractivity contribution in [1.29, 1.82) is 0 Å². The number of sulfonamides is 1. The highest BCUT2D eigenvalue weighted by Gasteiger charge is 2.44. The van der Waals surface area contributed by atoms with Crippen molar-refractivity contribution in [3.8, 4) is 0 Å². The predicted molar refractivity (Wildman–Crippen MR) is 59.2 cm³/mol. The van der Waals surface area contributed by atoms with E-state index in [4.69, 9.17) is 5.11 Å². The van der Waals surface area contributed by atoms with E-state index in [1.54, 1.807) is 6.92 Å². The van der Waals surface area contributed by atoms with Crippen LogP contribution in [0.15, 0.2) is 17.3 Å². The number of aliphatic hydroxyl groups is 1. The Morgan fingerprint density at radius 1 is 1.56 bits per heavy atom. The average molecular weight is 275 g/mol. The molecule has 8 nitrogen and oxygen atoms in total. The van der Waals surface area contributed by atoms with Crippen molar-refractivity contribution in [3.05, 3.63) is 12.4 Å². The molecule has 100 valence electrons. The van der Waals surface area contributed by atoms with Gasteiger partial charge in [0.2, 0.25) is 10.0 Å². The van der Waals surface area contributed by atoms with E-state index in [0.717, 1.165) is 21.4 Å². The van der Waals surface area contributed by atoms with E-state index in [2.05, 4.69) is 5.10 Å². The number of nitrogens with zero attached hydrogens (tertiary/aromatic N) is 3. The van der Waals surface area contributed by atoms with Gasteiger partial charge in [-0.3, -0.25) is 9.48 Å². The number of carbonyl (C=O) groups is 1. The van der Waals surface area contributed by atoms with Gasteiger partial charge in [0.1, 0.15) is 11.4 Å². The summed E-state index contributed by atoms with van der Waals surface area (Å²) in [5.74, 6) is -1.10. The zero-order valence-electron chi connectivity index (χ0n) is 9.65. The Morgan fingerprint density at radius 2 is 2.17 bits per heavy atom. The zero-order chi connectivity index (χ0) is 13.6. The molecule has 2 rings (SSSR count). The van der Waals surface area contributed by atoms with Crippen LogP contribution in [0, 0.1) is 0 Å². The molecule has 1 aromatic rings. The van der Waals surface area contributed by atoms with Gasteiger partial charge in [-0.05, 0) is 6.92 Å². The molecule has 1 fully saturated rings. The SMILES string of the molecule is CC1(O)CN(S(=O)(=O)c2cnn(CC(=O)O)c2)C1. The number of hydrogen-bond acceptors (Lipinski definition) is 5. The summed E-state index contributed by atoms with van der Waals surface area (Å²) >= 11 is 0. The van der Waals surface area contributed by atoms with E-state index >= 15 is 0 Å². The Kier molecular flexibility index (Phi) is 2.92. The molecule has 0 aliphatic carbocycles. The fourth-order valence-corrected chi connectivity index (χ4v) is 3.36. The molecule has 18 heavy (non-hydrogen) atoms. The van der Waals surface area contributed by atoms with Crippen molar-refractivity contribution < 1.29 is 23.4 Å². The van der Waals surface area contributed by atoms with Gasteiger partial charge in [-0.15, -0.1) is 0 Å². The molecule has 2 heterocycles. The Hall–Kier alpha value is -1.45. The van der Waals surface area contributed by atoms with Crippen LogP contribution in [0.4, 0.5) is 0 Å². The molecule has 0 spiro atoms. The van der Waals surface area contributed by atoms with Crippen molar-refractivity contribution in [2.45, 2.75) is 24.0 Å². The maximum absolute atomic E-state index is 12.0. The fourth-order valence-electron chi connectivity index (χ4n) is 1.74. The third-order valence-electron chi connectivity index (χ3n) is 2.58. The molecule has 0 aromatic carbocycles. The lowest BCUT2D eigenvalue weighted by Crippen LogP contribution is -2.61. The van der Waals surface area contributed by atoms with Crippen LogP contribution < -0.4 is 0 Å². The largest absolute Gasteiger partial charge is 0.480 e. The monoisotopic (exact) mass is 275 g/mol. The maximum Gasteiger partial charge on any atom is 0.325 e. The topological polar surface area (TPSA) is 113 Å². The fraction of sp³-hybridized carbons (Fsp3) is 0.556. The highest BCUT2D eigenvalue weighted by molar-refractivity contribution is 7.89. The van der Waals surface area contributed by atoms with Crippen molar-refractivity contribution in [2.75, 3.05) is 13.1 Å². The minimum Gasteiger partial charge on any atom is -0.480 e. The molecule has 0 saturated carbocycles. The third kappa shape index (κ3) is 2.37. The normalized spacial score (nSPS) is 19.4. The summed E-state index contributed by atoms with van der Waals surface area (Å²) < 4.78 is 26.2. The van der Waals surface area contributed by atoms with Gasteiger partial charge in [0.25, 0.3) is 0 Å². The van der Waals surface area contributed by atoms with Gasteiger partial charge in [0, 0.05) is 19.3 Å². The smallest absolute Gasteiger partial charge is 0.325 e. The Bertz CT molecular complexity index is 569. The van der Waals surface area contributed by atoms with Crippen LogP contribution >= 0.6 is 0 Å². The van der Waals surface area contributed by atoms with Crippen LogP contribution in [0.5, 0.6) is 0 Å². The number of carboxylic acids is 1. The van der Waals surface area contributed by atoms with E-state index in [1.807, 2.05) is 0 Å². The van der Waals surface area contributed by atoms with Crippen molar-refractivity contribution >= 4 is 16.0 Å². The number of rotatable bonds is 4. The van der Waals surface area contributed by atoms with Crippen LogP contribution in [0.25, 0.3) is 0 Å². The van der Waals surface area contributed by atoms with E-state index < -0.39 is 28.1 Å². The van der Waals surface area contributed by atoms with Crippen molar-refractivity contribution in [3.63, 3.8) is 0 Å². The minimum atomic E-state index is -3.69. The lowest BCUT2D eigenvalue weighted by atomic mass is 10.0. The first-order valence-electron chi connectivity index (χ1n) is 5.17. The first kappa shape index (κ1) is 13.0. The number of carboxylic acid groups (broad SMARTS) is 1. The summed E-state index contributed by atoms with van der Waals surface area (Å²) in [5, 5.41) is 21.7. The Morgan fingerprint density at radius 3 is 2.67 bits per heavy atom. The summed E-state index contributed by atoms with van der Waals surface area (Å²) in [4.78, 5) is 10.4. The molecule has 1 aliphatic heterocycles. The van der Waals surface area contributed by atoms with Crippen LogP contribution in [0.2, 0.25) is 0 Å². The molecular formula is C9H13N3O5S. The zero-order valence-corrected chi connectivity index (χ0v) is 10.5. The standard InChI is InChI=1S/C9H13N3O5S/c1-9(15)5-12(6-9)18(16,17)7-2-10-11(3-7)4-8(13)14/h2-3,15H,4-6H2,1H3,(H,13,14). The van der Waals surface area contributed by atoms with Crippen LogP contribution in [-0.2, 0) is 21.4 Å². The molecular weight excluding hydrogens is 262 g/mol. The van der Waals surface area contributed by atoms with Gasteiger partial charge in [-0.25, -0.2) is 8.42 Å². The summed E-state index contributed by atoms with van der Waals surface area (Å²) in [6.07, 6.45) is 2.27. The third-order valence-corrected chi connectivity index (χ3v) is 4.32. The highest BCUT2D eigenvalue weighted by Crippen LogP contribution is 2.27. The number of aliphatic carboxylic acids is 1. The van der Waals surface area contributed by atoms with E-state index in [1.165, 1.54) is 0 Å². The van der Waals surface area contributed by atoms with Crippen molar-refractivity contribution in [2.24, 2.45) is 0 Å². The molecule has 9 heteroatoms. The predicted octanol–water partition coefficient (Wildman–Crippen LogP) is -1.28. The molecule has 1 saturated heterocycles. The van der Waals surface area contributed by atoms with Crippen molar-refractivity contribution in [1.82, 2.24) is 14.1 Å². The molecule has 0 atom stereocenters. The van der Waals surface area contributed by atoms with Crippen LogP contribution in [0.3, 0.4) is 0 Å². The van der Waals surface area contributed by atoms with Crippen LogP contribution in [-0.4, -0.2) is 57.4 Å². The summed E-state index contributed by atoms with van der Waals surface area (Å²) in [6.45, 7) is 1.21. The molecule has 1 aliphatic rings. The molecule has 1 aromatic heterocycles. The molecule has 0 radical (unpaired) electrons. The number of β-amino-alcohol motifs (C(OH)–C–C–N with tert-alkyl or cyclic N) is 1. The average Bonchev–Trinajstić information content (AvgIpc) is 2.62. The first-order valence-corrected chi connectivity index (χ1v) is 6.61. The second-order valence-electron chi connectivity index (χ2n) is 4.54. The highest BCUT2D eigenvalue weighted by atomic mass is 32.2. The summed E-state index contributed by atoms with van der Waals surface area (Å²) in [6, 6.07) is 0. The lowest BCUT2D eigenvalue weighted by molar-refractivity contribution is -0.137. The minimum absolute atomic E-state index is 0.0272. The van der Waals surface area contributed by atoms with E-state index in [9.17, 15) is 18.3 Å². The van der Waals surface area contributed by atoms with E-state index in [-0.39, 0.29) is 18.0 Å². The summed E-state index contributed by atoms with van der Waals surface area (Å²) in [5.41, 5.74) is -0.996. The quantitative estimate of drug-likeness (QED) is 0.708. The maximum atomic E-state index is 12.0. The first-order chi connectivity index (χ1) is 8.21. The molecule has 0 unspecified atom stereocenters. The second kappa shape index (κ2) is 4.04. The van der Waals surface area contributed by atoms with Gasteiger partial charge in [-0.2, -0.15) is 9.40 Å².